The molecule has 0 saturated heterocycles. The van der Waals surface area contributed by atoms with Crippen molar-refractivity contribution in [3.05, 3.63) is 108 Å². The zero-order valence-corrected chi connectivity index (χ0v) is 19.7. The van der Waals surface area contributed by atoms with Crippen LogP contribution >= 0.6 is 0 Å². The summed E-state index contributed by atoms with van der Waals surface area (Å²) in [6.07, 6.45) is 0. The van der Waals surface area contributed by atoms with Crippen LogP contribution in [0.4, 0.5) is 0 Å². The largest absolute Gasteiger partial charge is 0.137 e. The Morgan fingerprint density at radius 1 is 0.567 bits per heavy atom. The van der Waals surface area contributed by atoms with Crippen LogP contribution in [0.2, 0.25) is 0 Å². The molecule has 0 unspecified atom stereocenters. The minimum absolute atomic E-state index is 0.0250. The lowest BCUT2D eigenvalue weighted by Crippen LogP contribution is -2.80. The van der Waals surface area contributed by atoms with Crippen molar-refractivity contribution >= 4 is 29.2 Å². The van der Waals surface area contributed by atoms with E-state index in [0.29, 0.717) is 0 Å². The van der Waals surface area contributed by atoms with Crippen LogP contribution in [-0.4, -0.2) is 8.07 Å². The van der Waals surface area contributed by atoms with Gasteiger partial charge < -0.3 is 0 Å². The van der Waals surface area contributed by atoms with Crippen molar-refractivity contribution in [3.8, 4) is 0 Å². The molecule has 4 aromatic rings. The minimum Gasteiger partial charge on any atom is -0.0625 e. The van der Waals surface area contributed by atoms with Gasteiger partial charge in [0, 0.05) is 0 Å². The molecule has 0 saturated carbocycles. The average Bonchev–Trinajstić information content (AvgIpc) is 2.74. The van der Waals surface area contributed by atoms with Crippen LogP contribution in [0.25, 0.3) is 10.8 Å². The smallest absolute Gasteiger partial charge is 0.0625 e. The van der Waals surface area contributed by atoms with E-state index in [2.05, 4.69) is 126 Å². The fraction of sp³-hybridized carbons (Fsp3) is 0.241. The van der Waals surface area contributed by atoms with E-state index >= 15 is 0 Å². The Bertz CT molecular complexity index is 1190. The first-order valence-corrected chi connectivity index (χ1v) is 13.0. The molecule has 0 fully saturated rings. The Morgan fingerprint density at radius 2 is 1.13 bits per heavy atom. The summed E-state index contributed by atoms with van der Waals surface area (Å²) < 4.78 is 0. The Kier molecular flexibility index (Phi) is 4.14. The molecule has 150 valence electrons. The molecule has 4 aromatic carbocycles. The van der Waals surface area contributed by atoms with Gasteiger partial charge in [-0.1, -0.05) is 129 Å². The van der Waals surface area contributed by atoms with E-state index in [1.807, 2.05) is 0 Å². The summed E-state index contributed by atoms with van der Waals surface area (Å²) >= 11 is 0. The summed E-state index contributed by atoms with van der Waals surface area (Å²) in [4.78, 5) is 0. The van der Waals surface area contributed by atoms with Gasteiger partial charge in [0.2, 0.25) is 0 Å². The molecule has 1 aliphatic heterocycles. The maximum Gasteiger partial charge on any atom is 0.137 e. The van der Waals surface area contributed by atoms with Gasteiger partial charge in [-0.25, -0.2) is 0 Å². The Hall–Kier alpha value is -2.64. The molecule has 1 heterocycles. The van der Waals surface area contributed by atoms with Gasteiger partial charge in [-0.15, -0.1) is 0 Å². The molecule has 0 aliphatic carbocycles. The van der Waals surface area contributed by atoms with Crippen LogP contribution in [0.15, 0.2) is 91.0 Å². The van der Waals surface area contributed by atoms with Gasteiger partial charge in [0.1, 0.15) is 8.07 Å². The molecular formula is C29H30Si. The van der Waals surface area contributed by atoms with E-state index in [0.717, 1.165) is 0 Å². The van der Waals surface area contributed by atoms with Gasteiger partial charge in [-0.3, -0.25) is 0 Å². The SMILES string of the molecule is Cc1ccc2cccc3c2c1C(C)(C)[Si](c1ccccc1)(c1ccccc1)C3(C)C. The van der Waals surface area contributed by atoms with Crippen molar-refractivity contribution in [2.45, 2.75) is 44.7 Å². The van der Waals surface area contributed by atoms with Crippen LogP contribution in [0.5, 0.6) is 0 Å². The molecule has 0 spiro atoms. The van der Waals surface area contributed by atoms with Gasteiger partial charge in [-0.05, 0) is 44.5 Å². The molecular weight excluding hydrogens is 376 g/mol. The van der Waals surface area contributed by atoms with Crippen molar-refractivity contribution in [2.75, 3.05) is 0 Å². The fourth-order valence-corrected chi connectivity index (χ4v) is 14.4. The number of aryl methyl sites for hydroxylation is 1. The van der Waals surface area contributed by atoms with Crippen molar-refractivity contribution in [1.29, 1.82) is 0 Å². The van der Waals surface area contributed by atoms with Crippen molar-refractivity contribution in [2.24, 2.45) is 0 Å². The van der Waals surface area contributed by atoms with Crippen LogP contribution in [-0.2, 0) is 10.1 Å². The topological polar surface area (TPSA) is 0 Å². The second-order valence-corrected chi connectivity index (χ2v) is 15.0. The quantitative estimate of drug-likeness (QED) is 0.355. The molecule has 0 nitrogen and oxygen atoms in total. The van der Waals surface area contributed by atoms with Gasteiger partial charge in [0.05, 0.1) is 0 Å². The van der Waals surface area contributed by atoms with Gasteiger partial charge >= 0.3 is 0 Å². The highest BCUT2D eigenvalue weighted by Gasteiger charge is 2.63. The Morgan fingerprint density at radius 3 is 1.70 bits per heavy atom. The third-order valence-corrected chi connectivity index (χ3v) is 14.5. The Balaban J connectivity index is 2.04. The highest BCUT2D eigenvalue weighted by Crippen LogP contribution is 2.54. The normalized spacial score (nSPS) is 18.3. The number of benzene rings is 4. The summed E-state index contributed by atoms with van der Waals surface area (Å²) in [6.45, 7) is 12.4. The predicted molar refractivity (Wildman–Crippen MR) is 133 cm³/mol. The van der Waals surface area contributed by atoms with E-state index < -0.39 is 8.07 Å². The number of rotatable bonds is 2. The number of hydrogen-bond donors (Lipinski definition) is 0. The van der Waals surface area contributed by atoms with Crippen LogP contribution < -0.4 is 10.4 Å². The predicted octanol–water partition coefficient (Wildman–Crippen LogP) is 6.06. The van der Waals surface area contributed by atoms with Crippen LogP contribution in [0.1, 0.15) is 44.4 Å². The highest BCUT2D eigenvalue weighted by molar-refractivity contribution is 7.06. The average molecular weight is 407 g/mol. The van der Waals surface area contributed by atoms with Crippen molar-refractivity contribution in [3.63, 3.8) is 0 Å². The summed E-state index contributed by atoms with van der Waals surface area (Å²) in [5, 5.41) is 5.96. The molecule has 0 N–H and O–H groups in total. The van der Waals surface area contributed by atoms with E-state index in [1.165, 1.54) is 32.3 Å². The molecule has 0 atom stereocenters. The minimum atomic E-state index is -2.35. The Labute approximate surface area is 181 Å². The molecule has 5 rings (SSSR count). The third-order valence-electron chi connectivity index (χ3n) is 7.84. The molecule has 1 heteroatoms. The zero-order chi connectivity index (χ0) is 21.1. The first-order valence-electron chi connectivity index (χ1n) is 11.0. The molecule has 0 radical (unpaired) electrons. The summed E-state index contributed by atoms with van der Waals surface area (Å²) in [5.41, 5.74) is 4.48. The van der Waals surface area contributed by atoms with Gasteiger partial charge in [-0.2, -0.15) is 0 Å². The van der Waals surface area contributed by atoms with Gasteiger partial charge in [0.25, 0.3) is 0 Å². The van der Waals surface area contributed by atoms with Crippen LogP contribution in [0.3, 0.4) is 0 Å². The maximum absolute atomic E-state index is 2.53. The van der Waals surface area contributed by atoms with Gasteiger partial charge in [0.15, 0.2) is 0 Å². The number of hydrogen-bond acceptors (Lipinski definition) is 0. The van der Waals surface area contributed by atoms with E-state index in [-0.39, 0.29) is 10.1 Å². The second-order valence-electron chi connectivity index (χ2n) is 9.89. The molecule has 0 amide bonds. The molecule has 0 bridgehead atoms. The monoisotopic (exact) mass is 406 g/mol. The first-order chi connectivity index (χ1) is 14.3. The van der Waals surface area contributed by atoms with Crippen molar-refractivity contribution < 1.29 is 0 Å². The maximum atomic E-state index is 2.53. The lowest BCUT2D eigenvalue weighted by atomic mass is 9.84. The third kappa shape index (κ3) is 2.22. The summed E-state index contributed by atoms with van der Waals surface area (Å²) in [7, 11) is -2.35. The standard InChI is InChI=1S/C29H30Si/c1-21-19-20-22-13-12-18-25-26(22)27(21)29(4,5)30(28(25,2)3,23-14-8-6-9-15-23)24-16-10-7-11-17-24/h6-20H,1-5H3. The lowest BCUT2D eigenvalue weighted by molar-refractivity contribution is 0.616. The lowest BCUT2D eigenvalue weighted by Gasteiger charge is -2.59. The molecule has 0 aromatic heterocycles. The van der Waals surface area contributed by atoms with Crippen LogP contribution in [0, 0.1) is 6.92 Å². The summed E-state index contributed by atoms with van der Waals surface area (Å²) in [6, 6.07) is 34.4. The van der Waals surface area contributed by atoms with E-state index in [9.17, 15) is 0 Å². The molecule has 30 heavy (non-hydrogen) atoms. The summed E-state index contributed by atoms with van der Waals surface area (Å²) in [5.74, 6) is 0. The van der Waals surface area contributed by atoms with E-state index in [4.69, 9.17) is 0 Å². The van der Waals surface area contributed by atoms with Crippen molar-refractivity contribution in [1.82, 2.24) is 0 Å². The zero-order valence-electron chi connectivity index (χ0n) is 18.7. The van der Waals surface area contributed by atoms with E-state index in [1.54, 1.807) is 5.56 Å². The fourth-order valence-electron chi connectivity index (χ4n) is 6.97. The highest BCUT2D eigenvalue weighted by atomic mass is 28.3. The first kappa shape index (κ1) is 19.3. The molecule has 1 aliphatic rings. The second kappa shape index (κ2) is 6.43.